The van der Waals surface area contributed by atoms with E-state index in [2.05, 4.69) is 54.9 Å². The maximum Gasteiger partial charge on any atom is 0.151 e. The van der Waals surface area contributed by atoms with Crippen LogP contribution < -0.4 is 10.1 Å². The van der Waals surface area contributed by atoms with Crippen LogP contribution in [0.1, 0.15) is 5.56 Å². The molecule has 3 aromatic carbocycles. The summed E-state index contributed by atoms with van der Waals surface area (Å²) < 4.78 is 6.20. The van der Waals surface area contributed by atoms with E-state index in [-0.39, 0.29) is 0 Å². The van der Waals surface area contributed by atoms with Crippen molar-refractivity contribution in [3.63, 3.8) is 0 Å². The van der Waals surface area contributed by atoms with Gasteiger partial charge in [-0.25, -0.2) is 0 Å². The number of nitrogens with one attached hydrogen (secondary N) is 1. The predicted molar refractivity (Wildman–Crippen MR) is 110 cm³/mol. The van der Waals surface area contributed by atoms with Crippen LogP contribution in [0.15, 0.2) is 98.1 Å². The highest BCUT2D eigenvalue weighted by molar-refractivity contribution is 5.83. The molecule has 0 atom stereocenters. The summed E-state index contributed by atoms with van der Waals surface area (Å²) in [7, 11) is 0. The zero-order chi connectivity index (χ0) is 17.9. The lowest BCUT2D eigenvalue weighted by Crippen LogP contribution is -2.03. The van der Waals surface area contributed by atoms with Crippen molar-refractivity contribution in [3.8, 4) is 22.6 Å². The second kappa shape index (κ2) is 6.77. The summed E-state index contributed by atoms with van der Waals surface area (Å²) in [5, 5.41) is 3.44. The number of anilines is 2. The molecular formula is C24H19NO. The number of hydrogen-bond donors (Lipinski definition) is 1. The van der Waals surface area contributed by atoms with Crippen LogP contribution in [0.2, 0.25) is 0 Å². The van der Waals surface area contributed by atoms with Gasteiger partial charge in [0.25, 0.3) is 0 Å². The Bertz CT molecular complexity index is 1020. The number of ether oxygens (including phenoxy) is 1. The lowest BCUT2D eigenvalue weighted by Gasteiger charge is -2.23. The lowest BCUT2D eigenvalue weighted by atomic mass is 10.0. The number of rotatable bonds is 4. The lowest BCUT2D eigenvalue weighted by molar-refractivity contribution is 0.481. The molecule has 0 amide bonds. The van der Waals surface area contributed by atoms with Crippen molar-refractivity contribution in [2.24, 2.45) is 0 Å². The first-order chi connectivity index (χ1) is 12.8. The molecule has 0 fully saturated rings. The van der Waals surface area contributed by atoms with Crippen molar-refractivity contribution in [2.45, 2.75) is 0 Å². The molecule has 0 spiro atoms. The first-order valence-corrected chi connectivity index (χ1v) is 8.52. The molecule has 4 rings (SSSR count). The smallest absolute Gasteiger partial charge is 0.151 e. The molecule has 126 valence electrons. The number of allylic oxidation sites excluding steroid dienone is 4. The molecule has 26 heavy (non-hydrogen) atoms. The minimum atomic E-state index is 0.803. The van der Waals surface area contributed by atoms with E-state index in [9.17, 15) is 0 Å². The van der Waals surface area contributed by atoms with Gasteiger partial charge in [0, 0.05) is 0 Å². The highest BCUT2D eigenvalue weighted by Crippen LogP contribution is 2.44. The topological polar surface area (TPSA) is 21.3 Å². The normalized spacial score (nSPS) is 12.2. The molecule has 2 heteroatoms. The van der Waals surface area contributed by atoms with Crippen molar-refractivity contribution in [1.29, 1.82) is 0 Å². The summed E-state index contributed by atoms with van der Waals surface area (Å²) in [4.78, 5) is 0. The molecule has 0 saturated carbocycles. The second-order valence-electron chi connectivity index (χ2n) is 6.08. The van der Waals surface area contributed by atoms with E-state index >= 15 is 0 Å². The summed E-state index contributed by atoms with van der Waals surface area (Å²) in [5.41, 5.74) is 6.27. The van der Waals surface area contributed by atoms with Crippen molar-refractivity contribution >= 4 is 16.9 Å². The Morgan fingerprint density at radius 1 is 0.808 bits per heavy atom. The molecular weight excluding hydrogens is 318 g/mol. The van der Waals surface area contributed by atoms with Gasteiger partial charge in [0.2, 0.25) is 0 Å². The van der Waals surface area contributed by atoms with Gasteiger partial charge in [0.05, 0.1) is 11.4 Å². The van der Waals surface area contributed by atoms with Gasteiger partial charge in [0.1, 0.15) is 0 Å². The molecule has 0 bridgehead atoms. The molecule has 1 aliphatic heterocycles. The molecule has 0 aliphatic carbocycles. The molecule has 1 heterocycles. The number of benzene rings is 3. The third-order valence-electron chi connectivity index (χ3n) is 4.41. The average Bonchev–Trinajstić information content (AvgIpc) is 2.70. The maximum absolute atomic E-state index is 6.20. The average molecular weight is 337 g/mol. The molecule has 0 radical (unpaired) electrons. The van der Waals surface area contributed by atoms with Gasteiger partial charge in [-0.05, 0) is 46.5 Å². The minimum Gasteiger partial charge on any atom is -0.453 e. The van der Waals surface area contributed by atoms with Crippen LogP contribution in [0, 0.1) is 0 Å². The van der Waals surface area contributed by atoms with Gasteiger partial charge in [0.15, 0.2) is 11.5 Å². The number of fused-ring (bicyclic) bond motifs is 2. The summed E-state index contributed by atoms with van der Waals surface area (Å²) in [6.45, 7) is 7.64. The molecule has 0 aromatic heterocycles. The van der Waals surface area contributed by atoms with Gasteiger partial charge in [-0.15, -0.1) is 0 Å². The van der Waals surface area contributed by atoms with Crippen LogP contribution in [-0.2, 0) is 0 Å². The van der Waals surface area contributed by atoms with E-state index in [1.165, 1.54) is 5.56 Å². The first-order valence-electron chi connectivity index (χ1n) is 8.52. The van der Waals surface area contributed by atoms with Crippen LogP contribution in [-0.4, -0.2) is 0 Å². The van der Waals surface area contributed by atoms with Crippen LogP contribution in [0.4, 0.5) is 11.4 Å². The molecule has 2 nitrogen and oxygen atoms in total. The largest absolute Gasteiger partial charge is 0.453 e. The van der Waals surface area contributed by atoms with Crippen molar-refractivity contribution in [3.05, 3.63) is 104 Å². The van der Waals surface area contributed by atoms with E-state index in [4.69, 9.17) is 4.74 Å². The Morgan fingerprint density at radius 3 is 2.27 bits per heavy atom. The molecule has 3 aromatic rings. The van der Waals surface area contributed by atoms with Crippen LogP contribution in [0.5, 0.6) is 11.5 Å². The summed E-state index contributed by atoms with van der Waals surface area (Å²) >= 11 is 0. The van der Waals surface area contributed by atoms with E-state index in [1.807, 2.05) is 42.5 Å². The molecule has 1 aliphatic rings. The molecule has 0 unspecified atom stereocenters. The van der Waals surface area contributed by atoms with E-state index in [1.54, 1.807) is 6.08 Å². The highest BCUT2D eigenvalue weighted by atomic mass is 16.5. The fourth-order valence-corrected chi connectivity index (χ4v) is 3.08. The fraction of sp³-hybridized carbons (Fsp3) is 0. The SMILES string of the molecule is C=C/C=C(\C=C)c1ccc2c(c1)Oc1cc(-c3ccccc3)ccc1N2. The third kappa shape index (κ3) is 2.93. The standard InChI is InChI=1S/C24H19NO/c1-3-8-17(4-2)19-11-13-21-23(15-19)26-24-16-20(12-14-22(24)25-21)18-9-6-5-7-10-18/h3-16,25H,1-2H2/b17-8+. The van der Waals surface area contributed by atoms with Crippen molar-refractivity contribution in [1.82, 2.24) is 0 Å². The van der Waals surface area contributed by atoms with Gasteiger partial charge in [-0.1, -0.05) is 73.9 Å². The predicted octanol–water partition coefficient (Wildman–Crippen LogP) is 6.96. The summed E-state index contributed by atoms with van der Waals surface area (Å²) in [5.74, 6) is 1.63. The van der Waals surface area contributed by atoms with Gasteiger partial charge >= 0.3 is 0 Å². The fourth-order valence-electron chi connectivity index (χ4n) is 3.08. The Balaban J connectivity index is 1.71. The second-order valence-corrected chi connectivity index (χ2v) is 6.08. The van der Waals surface area contributed by atoms with Crippen LogP contribution in [0.25, 0.3) is 16.7 Å². The van der Waals surface area contributed by atoms with Crippen LogP contribution in [0.3, 0.4) is 0 Å². The Labute approximate surface area is 153 Å². The Morgan fingerprint density at radius 2 is 1.54 bits per heavy atom. The molecule has 1 N–H and O–H groups in total. The van der Waals surface area contributed by atoms with E-state index in [0.29, 0.717) is 0 Å². The monoisotopic (exact) mass is 337 g/mol. The zero-order valence-corrected chi connectivity index (χ0v) is 14.4. The summed E-state index contributed by atoms with van der Waals surface area (Å²) in [6.07, 6.45) is 5.52. The highest BCUT2D eigenvalue weighted by Gasteiger charge is 2.18. The molecule has 0 saturated heterocycles. The van der Waals surface area contributed by atoms with E-state index < -0.39 is 0 Å². The van der Waals surface area contributed by atoms with E-state index in [0.717, 1.165) is 39.6 Å². The minimum absolute atomic E-state index is 0.803. The Kier molecular flexibility index (Phi) is 4.16. The van der Waals surface area contributed by atoms with Crippen LogP contribution >= 0.6 is 0 Å². The van der Waals surface area contributed by atoms with Crippen molar-refractivity contribution < 1.29 is 4.74 Å². The zero-order valence-electron chi connectivity index (χ0n) is 14.4. The summed E-state index contributed by atoms with van der Waals surface area (Å²) in [6, 6.07) is 22.6. The maximum atomic E-state index is 6.20. The number of hydrogen-bond acceptors (Lipinski definition) is 2. The van der Waals surface area contributed by atoms with Gasteiger partial charge < -0.3 is 10.1 Å². The van der Waals surface area contributed by atoms with Gasteiger partial charge in [-0.3, -0.25) is 0 Å². The first kappa shape index (κ1) is 16.0. The van der Waals surface area contributed by atoms with Gasteiger partial charge in [-0.2, -0.15) is 0 Å². The quantitative estimate of drug-likeness (QED) is 0.406. The van der Waals surface area contributed by atoms with Crippen molar-refractivity contribution in [2.75, 3.05) is 5.32 Å². The Hall–Kier alpha value is -3.52. The third-order valence-corrected chi connectivity index (χ3v) is 4.41.